The molecule has 0 bridgehead atoms. The predicted molar refractivity (Wildman–Crippen MR) is 84.5 cm³/mol. The predicted octanol–water partition coefficient (Wildman–Crippen LogP) is 4.05. The number of hydrogen-bond donors (Lipinski definition) is 0. The number of fused-ring (bicyclic) bond motifs is 3. The van der Waals surface area contributed by atoms with Gasteiger partial charge in [-0.1, -0.05) is 53.7 Å². The van der Waals surface area contributed by atoms with Crippen LogP contribution in [0.4, 0.5) is 0 Å². The van der Waals surface area contributed by atoms with Crippen molar-refractivity contribution in [3.63, 3.8) is 0 Å². The molecule has 1 heterocycles. The van der Waals surface area contributed by atoms with Crippen LogP contribution in [0.15, 0.2) is 71.1 Å². The molecule has 0 atom stereocenters. The van der Waals surface area contributed by atoms with Gasteiger partial charge in [0.25, 0.3) is 0 Å². The molecule has 1 nitrogen and oxygen atoms in total. The van der Waals surface area contributed by atoms with Crippen molar-refractivity contribution in [2.45, 2.75) is 0 Å². The monoisotopic (exact) mass is 271 g/mol. The van der Waals surface area contributed by atoms with E-state index in [1.165, 1.54) is 16.3 Å². The molecule has 0 aliphatic rings. The molecular weight excluding hydrogens is 260 g/mol. The lowest BCUT2D eigenvalue weighted by atomic mass is 10.0. The molecule has 0 N–H and O–H groups in total. The van der Waals surface area contributed by atoms with E-state index in [4.69, 9.17) is 4.42 Å². The van der Waals surface area contributed by atoms with Crippen LogP contribution in [0, 0.1) is 0 Å². The van der Waals surface area contributed by atoms with Gasteiger partial charge in [-0.25, -0.2) is 0 Å². The van der Waals surface area contributed by atoms with Crippen molar-refractivity contribution in [3.8, 4) is 11.1 Å². The van der Waals surface area contributed by atoms with Gasteiger partial charge >= 0.3 is 0 Å². The summed E-state index contributed by atoms with van der Waals surface area (Å²) in [6.07, 6.45) is 0. The zero-order chi connectivity index (χ0) is 13.5. The second-order valence-corrected chi connectivity index (χ2v) is 5.47. The highest BCUT2D eigenvalue weighted by Crippen LogP contribution is 2.31. The molecule has 2 heteroatoms. The molecule has 0 aliphatic heterocycles. The Hall–Kier alpha value is -2.32. The average molecular weight is 271 g/mol. The fourth-order valence-corrected chi connectivity index (χ4v) is 2.86. The number of para-hydroxylation sites is 1. The largest absolute Gasteiger partial charge is 0.456 e. The minimum atomic E-state index is 0.933. The van der Waals surface area contributed by atoms with Gasteiger partial charge in [0, 0.05) is 10.8 Å². The van der Waals surface area contributed by atoms with E-state index in [-0.39, 0.29) is 0 Å². The highest BCUT2D eigenvalue weighted by atomic mass is 28.1. The molecule has 3 radical (unpaired) electrons. The number of furan rings is 1. The van der Waals surface area contributed by atoms with Gasteiger partial charge in [-0.2, -0.15) is 0 Å². The van der Waals surface area contributed by atoms with E-state index < -0.39 is 0 Å². The highest BCUT2D eigenvalue weighted by Gasteiger charge is 2.07. The summed E-state index contributed by atoms with van der Waals surface area (Å²) in [5, 5.41) is 3.41. The molecule has 0 fully saturated rings. The first kappa shape index (κ1) is 11.5. The zero-order valence-corrected chi connectivity index (χ0v) is 11.8. The fourth-order valence-electron chi connectivity index (χ4n) is 2.60. The normalized spacial score (nSPS) is 11.2. The Balaban J connectivity index is 1.97. The van der Waals surface area contributed by atoms with Crippen molar-refractivity contribution in [2.75, 3.05) is 0 Å². The first-order chi connectivity index (χ1) is 9.81. The molecule has 0 aliphatic carbocycles. The van der Waals surface area contributed by atoms with Gasteiger partial charge in [-0.3, -0.25) is 0 Å². The van der Waals surface area contributed by atoms with Gasteiger partial charge in [-0.05, 0) is 29.3 Å². The van der Waals surface area contributed by atoms with Crippen LogP contribution in [0.25, 0.3) is 33.1 Å². The molecule has 0 amide bonds. The third-order valence-electron chi connectivity index (χ3n) is 3.57. The molecule has 0 saturated carbocycles. The van der Waals surface area contributed by atoms with E-state index in [0.29, 0.717) is 0 Å². The smallest absolute Gasteiger partial charge is 0.136 e. The summed E-state index contributed by atoms with van der Waals surface area (Å²) < 4.78 is 5.93. The fraction of sp³-hybridized carbons (Fsp3) is 0. The van der Waals surface area contributed by atoms with Crippen LogP contribution in [-0.4, -0.2) is 10.2 Å². The van der Waals surface area contributed by atoms with Crippen molar-refractivity contribution in [2.24, 2.45) is 0 Å². The van der Waals surface area contributed by atoms with Crippen LogP contribution >= 0.6 is 0 Å². The van der Waals surface area contributed by atoms with E-state index in [2.05, 4.69) is 46.6 Å². The lowest BCUT2D eigenvalue weighted by Crippen LogP contribution is -2.00. The summed E-state index contributed by atoms with van der Waals surface area (Å²) in [5.74, 6) is 0. The van der Waals surface area contributed by atoms with Crippen molar-refractivity contribution >= 4 is 37.4 Å². The Morgan fingerprint density at radius 1 is 0.650 bits per heavy atom. The van der Waals surface area contributed by atoms with Gasteiger partial charge in [0.2, 0.25) is 0 Å². The summed E-state index contributed by atoms with van der Waals surface area (Å²) >= 11 is 0. The number of hydrogen-bond acceptors (Lipinski definition) is 1. The molecule has 1 aromatic heterocycles. The second-order valence-electron chi connectivity index (χ2n) is 4.89. The first-order valence-electron chi connectivity index (χ1n) is 6.54. The molecule has 20 heavy (non-hydrogen) atoms. The summed E-state index contributed by atoms with van der Waals surface area (Å²) in [7, 11) is 3.57. The Morgan fingerprint density at radius 3 is 2.35 bits per heavy atom. The molecule has 0 spiro atoms. The standard InChI is InChI=1S/C18H11OSi/c20-14-5-3-4-12(10-14)13-8-9-16-15-6-1-2-7-17(15)19-18(16)11-13/h1-11H. The van der Waals surface area contributed by atoms with Gasteiger partial charge in [0.1, 0.15) is 11.2 Å². The van der Waals surface area contributed by atoms with Crippen molar-refractivity contribution in [1.82, 2.24) is 0 Å². The maximum atomic E-state index is 5.93. The summed E-state index contributed by atoms with van der Waals surface area (Å²) in [4.78, 5) is 0. The summed E-state index contributed by atoms with van der Waals surface area (Å²) in [6, 6.07) is 22.8. The van der Waals surface area contributed by atoms with Crippen molar-refractivity contribution in [1.29, 1.82) is 0 Å². The van der Waals surface area contributed by atoms with Gasteiger partial charge < -0.3 is 4.42 Å². The molecular formula is C18H11OSi. The van der Waals surface area contributed by atoms with Crippen LogP contribution in [0.3, 0.4) is 0 Å². The molecule has 4 aromatic rings. The van der Waals surface area contributed by atoms with E-state index in [1.807, 2.05) is 30.3 Å². The Bertz CT molecular complexity index is 921. The van der Waals surface area contributed by atoms with Gasteiger partial charge in [0.15, 0.2) is 0 Å². The third-order valence-corrected chi connectivity index (χ3v) is 3.89. The van der Waals surface area contributed by atoms with Gasteiger partial charge in [-0.15, -0.1) is 0 Å². The average Bonchev–Trinajstić information content (AvgIpc) is 2.85. The van der Waals surface area contributed by atoms with Crippen molar-refractivity contribution < 1.29 is 4.42 Å². The molecule has 0 unspecified atom stereocenters. The molecule has 4 rings (SSSR count). The second kappa shape index (κ2) is 4.36. The highest BCUT2D eigenvalue weighted by molar-refractivity contribution is 6.32. The van der Waals surface area contributed by atoms with Crippen LogP contribution in [0.1, 0.15) is 0 Å². The summed E-state index contributed by atoms with van der Waals surface area (Å²) in [6.45, 7) is 0. The van der Waals surface area contributed by atoms with Crippen LogP contribution in [-0.2, 0) is 0 Å². The van der Waals surface area contributed by atoms with E-state index in [0.717, 1.165) is 21.9 Å². The van der Waals surface area contributed by atoms with Crippen LogP contribution in [0.5, 0.6) is 0 Å². The SMILES string of the molecule is [Si]c1cccc(-c2ccc3c(c2)oc2ccccc23)c1. The Kier molecular flexibility index (Phi) is 2.50. The lowest BCUT2D eigenvalue weighted by molar-refractivity contribution is 0.669. The van der Waals surface area contributed by atoms with Crippen LogP contribution in [0.2, 0.25) is 0 Å². The van der Waals surface area contributed by atoms with Crippen molar-refractivity contribution in [3.05, 3.63) is 66.7 Å². The molecule has 0 saturated heterocycles. The maximum absolute atomic E-state index is 5.93. The van der Waals surface area contributed by atoms with E-state index in [9.17, 15) is 0 Å². The minimum Gasteiger partial charge on any atom is -0.456 e. The minimum absolute atomic E-state index is 0.933. The Morgan fingerprint density at radius 2 is 1.45 bits per heavy atom. The number of rotatable bonds is 1. The summed E-state index contributed by atoms with van der Waals surface area (Å²) in [5.41, 5.74) is 4.22. The quantitative estimate of drug-likeness (QED) is 0.476. The molecule has 3 aromatic carbocycles. The maximum Gasteiger partial charge on any atom is 0.136 e. The number of benzene rings is 3. The van der Waals surface area contributed by atoms with E-state index in [1.54, 1.807) is 0 Å². The third kappa shape index (κ3) is 1.77. The van der Waals surface area contributed by atoms with Gasteiger partial charge in [0.05, 0.1) is 10.2 Å². The topological polar surface area (TPSA) is 13.1 Å². The first-order valence-corrected chi connectivity index (χ1v) is 7.04. The van der Waals surface area contributed by atoms with Crippen LogP contribution < -0.4 is 5.19 Å². The van der Waals surface area contributed by atoms with E-state index >= 15 is 0 Å². The Labute approximate surface area is 120 Å². The lowest BCUT2D eigenvalue weighted by Gasteiger charge is -2.02. The molecule has 93 valence electrons. The zero-order valence-electron chi connectivity index (χ0n) is 10.8.